The van der Waals surface area contributed by atoms with Crippen LogP contribution in [0.5, 0.6) is 0 Å². The second-order valence-corrected chi connectivity index (χ2v) is 8.14. The van der Waals surface area contributed by atoms with E-state index >= 15 is 0 Å². The van der Waals surface area contributed by atoms with Gasteiger partial charge < -0.3 is 9.80 Å². The summed E-state index contributed by atoms with van der Waals surface area (Å²) in [6, 6.07) is 5.70. The van der Waals surface area contributed by atoms with Crippen LogP contribution in [-0.2, 0) is 5.54 Å². The van der Waals surface area contributed by atoms with Crippen molar-refractivity contribution in [1.29, 1.82) is 0 Å². The number of anilines is 1. The second kappa shape index (κ2) is 6.98. The zero-order chi connectivity index (χ0) is 20.8. The molecular weight excluding hydrogens is 375 g/mol. The van der Waals surface area contributed by atoms with Crippen LogP contribution in [0.2, 0.25) is 0 Å². The molecule has 0 radical (unpaired) electrons. The van der Waals surface area contributed by atoms with E-state index in [4.69, 9.17) is 0 Å². The van der Waals surface area contributed by atoms with Crippen molar-refractivity contribution >= 4 is 22.9 Å². The molecule has 0 unspecified atom stereocenters. The highest BCUT2D eigenvalue weighted by Crippen LogP contribution is 2.20. The molecule has 8 nitrogen and oxygen atoms in total. The lowest BCUT2D eigenvalue weighted by Crippen LogP contribution is -2.49. The standard InChI is InChI=1S/C20H23FN6O2/c1-20(2,3)27-16-15(12-22-27)17(28)24-19(23-16)26-9-7-25(8-10-26)18(29)13-5-4-6-14(21)11-13/h4-6,11-12H,7-10H2,1-3H3,(H,23,24,28). The van der Waals surface area contributed by atoms with Gasteiger partial charge in [0.15, 0.2) is 5.65 Å². The summed E-state index contributed by atoms with van der Waals surface area (Å²) in [4.78, 5) is 36.2. The number of hydrogen-bond acceptors (Lipinski definition) is 5. The van der Waals surface area contributed by atoms with Crippen LogP contribution in [0.15, 0.2) is 35.3 Å². The molecule has 3 aromatic rings. The van der Waals surface area contributed by atoms with Crippen LogP contribution in [0.1, 0.15) is 31.1 Å². The number of piperazine rings is 1. The first kappa shape index (κ1) is 19.1. The Hall–Kier alpha value is -3.23. The third-order valence-corrected chi connectivity index (χ3v) is 5.00. The van der Waals surface area contributed by atoms with Gasteiger partial charge in [0.1, 0.15) is 11.2 Å². The molecule has 1 saturated heterocycles. The molecule has 1 N–H and O–H groups in total. The molecule has 3 heterocycles. The summed E-state index contributed by atoms with van der Waals surface area (Å²) in [5.74, 6) is -0.168. The first-order valence-corrected chi connectivity index (χ1v) is 9.52. The Balaban J connectivity index is 1.55. The van der Waals surface area contributed by atoms with E-state index in [1.54, 1.807) is 15.6 Å². The third-order valence-electron chi connectivity index (χ3n) is 5.00. The van der Waals surface area contributed by atoms with E-state index in [-0.39, 0.29) is 17.0 Å². The quantitative estimate of drug-likeness (QED) is 0.713. The fraction of sp³-hybridized carbons (Fsp3) is 0.400. The van der Waals surface area contributed by atoms with Crippen molar-refractivity contribution in [2.45, 2.75) is 26.3 Å². The summed E-state index contributed by atoms with van der Waals surface area (Å²) in [6.07, 6.45) is 1.53. The molecule has 0 saturated carbocycles. The topological polar surface area (TPSA) is 87.1 Å². The van der Waals surface area contributed by atoms with Crippen LogP contribution in [-0.4, -0.2) is 56.7 Å². The Morgan fingerprint density at radius 1 is 1.17 bits per heavy atom. The summed E-state index contributed by atoms with van der Waals surface area (Å²) in [7, 11) is 0. The van der Waals surface area contributed by atoms with E-state index in [0.717, 1.165) is 0 Å². The predicted octanol–water partition coefficient (Wildman–Crippen LogP) is 1.98. The SMILES string of the molecule is CC(C)(C)n1ncc2c(=O)[nH]c(N3CCN(C(=O)c4cccc(F)c4)CC3)nc21. The molecular formula is C20H23FN6O2. The minimum atomic E-state index is -0.431. The smallest absolute Gasteiger partial charge is 0.263 e. The molecule has 0 spiro atoms. The summed E-state index contributed by atoms with van der Waals surface area (Å²) in [5.41, 5.74) is 0.323. The van der Waals surface area contributed by atoms with Crippen molar-refractivity contribution in [3.63, 3.8) is 0 Å². The van der Waals surface area contributed by atoms with Crippen molar-refractivity contribution < 1.29 is 9.18 Å². The number of fused-ring (bicyclic) bond motifs is 1. The number of hydrogen-bond donors (Lipinski definition) is 1. The van der Waals surface area contributed by atoms with Crippen LogP contribution in [0.3, 0.4) is 0 Å². The van der Waals surface area contributed by atoms with Gasteiger partial charge in [-0.2, -0.15) is 10.1 Å². The molecule has 0 bridgehead atoms. The summed E-state index contributed by atoms with van der Waals surface area (Å²) < 4.78 is 15.1. The molecule has 1 aliphatic rings. The molecule has 1 aliphatic heterocycles. The molecule has 2 aromatic heterocycles. The van der Waals surface area contributed by atoms with Crippen LogP contribution in [0.4, 0.5) is 10.3 Å². The van der Waals surface area contributed by atoms with Gasteiger partial charge in [-0.25, -0.2) is 9.07 Å². The van der Waals surface area contributed by atoms with Crippen molar-refractivity contribution in [1.82, 2.24) is 24.6 Å². The van der Waals surface area contributed by atoms with Crippen molar-refractivity contribution in [3.05, 3.63) is 52.2 Å². The van der Waals surface area contributed by atoms with Gasteiger partial charge in [0, 0.05) is 31.7 Å². The van der Waals surface area contributed by atoms with Gasteiger partial charge in [0.25, 0.3) is 11.5 Å². The Labute approximate surface area is 167 Å². The molecule has 152 valence electrons. The van der Waals surface area contributed by atoms with Crippen LogP contribution in [0, 0.1) is 5.82 Å². The lowest BCUT2D eigenvalue weighted by atomic mass is 10.1. The minimum Gasteiger partial charge on any atom is -0.339 e. The van der Waals surface area contributed by atoms with Gasteiger partial charge in [-0.3, -0.25) is 14.6 Å². The van der Waals surface area contributed by atoms with E-state index in [1.807, 2.05) is 25.7 Å². The number of nitrogens with zero attached hydrogens (tertiary/aromatic N) is 5. The van der Waals surface area contributed by atoms with E-state index in [0.29, 0.717) is 48.7 Å². The number of nitrogens with one attached hydrogen (secondary N) is 1. The molecule has 0 aliphatic carbocycles. The zero-order valence-corrected chi connectivity index (χ0v) is 16.6. The zero-order valence-electron chi connectivity index (χ0n) is 16.6. The molecule has 9 heteroatoms. The average molecular weight is 398 g/mol. The first-order chi connectivity index (χ1) is 13.7. The molecule has 0 atom stereocenters. The Morgan fingerprint density at radius 2 is 1.90 bits per heavy atom. The number of amides is 1. The maximum absolute atomic E-state index is 13.4. The first-order valence-electron chi connectivity index (χ1n) is 9.52. The number of carbonyl (C=O) groups is 1. The monoisotopic (exact) mass is 398 g/mol. The normalized spacial score (nSPS) is 15.2. The third kappa shape index (κ3) is 3.59. The molecule has 1 aromatic carbocycles. The lowest BCUT2D eigenvalue weighted by Gasteiger charge is -2.35. The highest BCUT2D eigenvalue weighted by atomic mass is 19.1. The summed E-state index contributed by atoms with van der Waals surface area (Å²) >= 11 is 0. The van der Waals surface area contributed by atoms with Crippen molar-refractivity contribution in [3.8, 4) is 0 Å². The molecule has 1 amide bonds. The van der Waals surface area contributed by atoms with Crippen LogP contribution >= 0.6 is 0 Å². The van der Waals surface area contributed by atoms with E-state index in [2.05, 4.69) is 15.1 Å². The largest absolute Gasteiger partial charge is 0.339 e. The Morgan fingerprint density at radius 3 is 2.55 bits per heavy atom. The number of halogens is 1. The molecule has 1 fully saturated rings. The van der Waals surface area contributed by atoms with Gasteiger partial charge in [-0.1, -0.05) is 6.07 Å². The van der Waals surface area contributed by atoms with Gasteiger partial charge >= 0.3 is 0 Å². The van der Waals surface area contributed by atoms with Crippen LogP contribution < -0.4 is 10.5 Å². The van der Waals surface area contributed by atoms with Crippen LogP contribution in [0.25, 0.3) is 11.0 Å². The fourth-order valence-electron chi connectivity index (χ4n) is 3.47. The number of rotatable bonds is 2. The number of H-pyrrole nitrogens is 1. The van der Waals surface area contributed by atoms with E-state index in [9.17, 15) is 14.0 Å². The summed E-state index contributed by atoms with van der Waals surface area (Å²) in [6.45, 7) is 7.93. The van der Waals surface area contributed by atoms with Gasteiger partial charge in [0.05, 0.1) is 11.7 Å². The second-order valence-electron chi connectivity index (χ2n) is 8.14. The number of aromatic nitrogens is 4. The minimum absolute atomic E-state index is 0.202. The number of aromatic amines is 1. The Kier molecular flexibility index (Phi) is 4.60. The fourth-order valence-corrected chi connectivity index (χ4v) is 3.47. The molecule has 4 rings (SSSR count). The number of carbonyl (C=O) groups excluding carboxylic acids is 1. The van der Waals surface area contributed by atoms with Crippen molar-refractivity contribution in [2.24, 2.45) is 0 Å². The highest BCUT2D eigenvalue weighted by Gasteiger charge is 2.25. The predicted molar refractivity (Wildman–Crippen MR) is 108 cm³/mol. The lowest BCUT2D eigenvalue weighted by molar-refractivity contribution is 0.0745. The summed E-state index contributed by atoms with van der Waals surface area (Å²) in [5, 5.41) is 4.77. The highest BCUT2D eigenvalue weighted by molar-refractivity contribution is 5.94. The Bertz CT molecular complexity index is 1120. The van der Waals surface area contributed by atoms with Gasteiger partial charge in [-0.05, 0) is 39.0 Å². The maximum Gasteiger partial charge on any atom is 0.263 e. The molecule has 29 heavy (non-hydrogen) atoms. The average Bonchev–Trinajstić information content (AvgIpc) is 3.13. The van der Waals surface area contributed by atoms with E-state index < -0.39 is 5.82 Å². The van der Waals surface area contributed by atoms with Gasteiger partial charge in [-0.15, -0.1) is 0 Å². The van der Waals surface area contributed by atoms with Gasteiger partial charge in [0.2, 0.25) is 5.95 Å². The number of benzene rings is 1. The van der Waals surface area contributed by atoms with E-state index in [1.165, 1.54) is 24.4 Å². The van der Waals surface area contributed by atoms with Crippen molar-refractivity contribution in [2.75, 3.05) is 31.1 Å². The maximum atomic E-state index is 13.4.